The van der Waals surface area contributed by atoms with Crippen molar-refractivity contribution in [2.75, 3.05) is 12.4 Å². The molecule has 3 rings (SSSR count). The summed E-state index contributed by atoms with van der Waals surface area (Å²) >= 11 is 0. The van der Waals surface area contributed by atoms with E-state index in [9.17, 15) is 9.59 Å². The van der Waals surface area contributed by atoms with Crippen LogP contribution in [0.1, 0.15) is 19.3 Å². The molecule has 1 fully saturated rings. The summed E-state index contributed by atoms with van der Waals surface area (Å²) in [6.07, 6.45) is 1.49. The number of nitrogens with one attached hydrogen (secondary N) is 1. The summed E-state index contributed by atoms with van der Waals surface area (Å²) in [5.74, 6) is 0.0499. The Morgan fingerprint density at radius 2 is 1.77 bits per heavy atom. The number of anilines is 1. The van der Waals surface area contributed by atoms with Gasteiger partial charge in [-0.25, -0.2) is 0 Å². The Labute approximate surface area is 151 Å². The number of ether oxygens (including phenoxy) is 2. The van der Waals surface area contributed by atoms with Crippen molar-refractivity contribution >= 4 is 17.6 Å². The molecular formula is C20H21NO5. The van der Waals surface area contributed by atoms with E-state index >= 15 is 0 Å². The van der Waals surface area contributed by atoms with E-state index in [0.717, 1.165) is 0 Å². The van der Waals surface area contributed by atoms with Crippen LogP contribution in [0.5, 0.6) is 17.2 Å². The molecular weight excluding hydrogens is 334 g/mol. The topological polar surface area (TPSA) is 84.9 Å². The lowest BCUT2D eigenvalue weighted by molar-refractivity contribution is -0.141. The summed E-state index contributed by atoms with van der Waals surface area (Å²) in [6.45, 7) is 0. The standard InChI is InChI=1S/C20H21NO5/c1-25-18-12-16(26-15-5-3-2-4-6-15)9-10-17(18)21-19(22)13-7-8-14(11-13)20(23)24/h2-6,9-10,12-14H,7-8,11H2,1H3,(H,21,22)(H,23,24)/t13-,14+/m1/s1. The van der Waals surface area contributed by atoms with Crippen molar-refractivity contribution in [3.63, 3.8) is 0 Å². The van der Waals surface area contributed by atoms with Gasteiger partial charge < -0.3 is 19.9 Å². The molecule has 1 amide bonds. The number of para-hydroxylation sites is 1. The molecule has 0 saturated heterocycles. The van der Waals surface area contributed by atoms with E-state index in [1.165, 1.54) is 7.11 Å². The Balaban J connectivity index is 1.68. The van der Waals surface area contributed by atoms with E-state index in [-0.39, 0.29) is 11.8 Å². The maximum atomic E-state index is 12.4. The highest BCUT2D eigenvalue weighted by atomic mass is 16.5. The lowest BCUT2D eigenvalue weighted by Crippen LogP contribution is -2.22. The average Bonchev–Trinajstić information content (AvgIpc) is 3.14. The van der Waals surface area contributed by atoms with Crippen LogP contribution in [-0.4, -0.2) is 24.1 Å². The summed E-state index contributed by atoms with van der Waals surface area (Å²) in [7, 11) is 1.52. The second-order valence-corrected chi connectivity index (χ2v) is 6.31. The first-order chi connectivity index (χ1) is 12.6. The Kier molecular flexibility index (Phi) is 5.41. The highest BCUT2D eigenvalue weighted by Gasteiger charge is 2.34. The Bertz CT molecular complexity index is 790. The number of methoxy groups -OCH3 is 1. The van der Waals surface area contributed by atoms with Gasteiger partial charge in [-0.1, -0.05) is 18.2 Å². The van der Waals surface area contributed by atoms with Crippen LogP contribution in [0.2, 0.25) is 0 Å². The van der Waals surface area contributed by atoms with Crippen LogP contribution in [0.3, 0.4) is 0 Å². The monoisotopic (exact) mass is 355 g/mol. The van der Waals surface area contributed by atoms with E-state index in [1.807, 2.05) is 30.3 Å². The molecule has 0 heterocycles. The first-order valence-corrected chi connectivity index (χ1v) is 8.51. The second-order valence-electron chi connectivity index (χ2n) is 6.31. The number of carbonyl (C=O) groups excluding carboxylic acids is 1. The highest BCUT2D eigenvalue weighted by Crippen LogP contribution is 2.35. The number of rotatable bonds is 6. The summed E-state index contributed by atoms with van der Waals surface area (Å²) in [6, 6.07) is 14.5. The summed E-state index contributed by atoms with van der Waals surface area (Å²) in [4.78, 5) is 23.5. The molecule has 0 bridgehead atoms. The third-order valence-electron chi connectivity index (χ3n) is 4.56. The van der Waals surface area contributed by atoms with Crippen molar-refractivity contribution < 1.29 is 24.2 Å². The van der Waals surface area contributed by atoms with Crippen molar-refractivity contribution in [1.29, 1.82) is 0 Å². The SMILES string of the molecule is COc1cc(Oc2ccccc2)ccc1NC(=O)[C@@H]1CC[C@H](C(=O)O)C1. The van der Waals surface area contributed by atoms with Gasteiger partial charge in [-0.3, -0.25) is 9.59 Å². The molecule has 2 N–H and O–H groups in total. The van der Waals surface area contributed by atoms with Crippen LogP contribution >= 0.6 is 0 Å². The van der Waals surface area contributed by atoms with Gasteiger partial charge in [-0.05, 0) is 43.5 Å². The van der Waals surface area contributed by atoms with Gasteiger partial charge in [0.1, 0.15) is 17.2 Å². The largest absolute Gasteiger partial charge is 0.494 e. The predicted molar refractivity (Wildman–Crippen MR) is 96.6 cm³/mol. The van der Waals surface area contributed by atoms with Crippen molar-refractivity contribution in [2.45, 2.75) is 19.3 Å². The molecule has 1 aliphatic rings. The minimum absolute atomic E-state index is 0.177. The number of benzene rings is 2. The molecule has 0 unspecified atom stereocenters. The van der Waals surface area contributed by atoms with Gasteiger partial charge in [-0.2, -0.15) is 0 Å². The van der Waals surface area contributed by atoms with Gasteiger partial charge in [-0.15, -0.1) is 0 Å². The summed E-state index contributed by atoms with van der Waals surface area (Å²) in [5, 5.41) is 11.9. The predicted octanol–water partition coefficient (Wildman–Crippen LogP) is 3.93. The molecule has 2 aromatic rings. The number of hydrogen-bond acceptors (Lipinski definition) is 4. The third kappa shape index (κ3) is 4.14. The Morgan fingerprint density at radius 1 is 1.04 bits per heavy atom. The van der Waals surface area contributed by atoms with Gasteiger partial charge in [0.2, 0.25) is 5.91 Å². The molecule has 0 spiro atoms. The normalized spacial score (nSPS) is 19.0. The van der Waals surface area contributed by atoms with E-state index in [4.69, 9.17) is 14.6 Å². The molecule has 2 aromatic carbocycles. The number of amides is 1. The molecule has 6 nitrogen and oxygen atoms in total. The van der Waals surface area contributed by atoms with Crippen LogP contribution in [0.25, 0.3) is 0 Å². The minimum atomic E-state index is -0.833. The van der Waals surface area contributed by atoms with Crippen LogP contribution in [0.15, 0.2) is 48.5 Å². The van der Waals surface area contributed by atoms with Crippen molar-refractivity contribution in [1.82, 2.24) is 0 Å². The van der Waals surface area contributed by atoms with E-state index in [2.05, 4.69) is 5.32 Å². The van der Waals surface area contributed by atoms with Crippen LogP contribution < -0.4 is 14.8 Å². The number of carboxylic acid groups (broad SMARTS) is 1. The fraction of sp³-hybridized carbons (Fsp3) is 0.300. The molecule has 0 aliphatic heterocycles. The quantitative estimate of drug-likeness (QED) is 0.820. The third-order valence-corrected chi connectivity index (χ3v) is 4.56. The number of carbonyl (C=O) groups is 2. The van der Waals surface area contributed by atoms with E-state index in [1.54, 1.807) is 18.2 Å². The molecule has 26 heavy (non-hydrogen) atoms. The first-order valence-electron chi connectivity index (χ1n) is 8.51. The first kappa shape index (κ1) is 17.8. The van der Waals surface area contributed by atoms with Crippen molar-refractivity contribution in [3.05, 3.63) is 48.5 Å². The zero-order valence-corrected chi connectivity index (χ0v) is 14.5. The van der Waals surface area contributed by atoms with Crippen LogP contribution in [0, 0.1) is 11.8 Å². The van der Waals surface area contributed by atoms with Crippen molar-refractivity contribution in [2.24, 2.45) is 11.8 Å². The summed E-state index contributed by atoms with van der Waals surface area (Å²) < 4.78 is 11.1. The Morgan fingerprint density at radius 3 is 2.42 bits per heavy atom. The van der Waals surface area contributed by atoms with Crippen LogP contribution in [-0.2, 0) is 9.59 Å². The van der Waals surface area contributed by atoms with Gasteiger partial charge in [0.25, 0.3) is 0 Å². The van der Waals surface area contributed by atoms with Crippen LogP contribution in [0.4, 0.5) is 5.69 Å². The lowest BCUT2D eigenvalue weighted by atomic mass is 10.0. The van der Waals surface area contributed by atoms with Crippen molar-refractivity contribution in [3.8, 4) is 17.2 Å². The van der Waals surface area contributed by atoms with Gasteiger partial charge >= 0.3 is 5.97 Å². The average molecular weight is 355 g/mol. The van der Waals surface area contributed by atoms with Gasteiger partial charge in [0.05, 0.1) is 18.7 Å². The zero-order chi connectivity index (χ0) is 18.5. The number of carboxylic acids is 1. The second kappa shape index (κ2) is 7.91. The molecule has 0 radical (unpaired) electrons. The maximum absolute atomic E-state index is 12.4. The zero-order valence-electron chi connectivity index (χ0n) is 14.5. The summed E-state index contributed by atoms with van der Waals surface area (Å²) in [5.41, 5.74) is 0.539. The fourth-order valence-electron chi connectivity index (χ4n) is 3.14. The number of aliphatic carboxylic acids is 1. The van der Waals surface area contributed by atoms with Gasteiger partial charge in [0, 0.05) is 12.0 Å². The fourth-order valence-corrected chi connectivity index (χ4v) is 3.14. The molecule has 2 atom stereocenters. The molecule has 136 valence electrons. The number of hydrogen-bond donors (Lipinski definition) is 2. The van der Waals surface area contributed by atoms with Gasteiger partial charge in [0.15, 0.2) is 0 Å². The minimum Gasteiger partial charge on any atom is -0.494 e. The maximum Gasteiger partial charge on any atom is 0.306 e. The molecule has 6 heteroatoms. The molecule has 0 aromatic heterocycles. The lowest BCUT2D eigenvalue weighted by Gasteiger charge is -2.15. The highest BCUT2D eigenvalue weighted by molar-refractivity contribution is 5.94. The van der Waals surface area contributed by atoms with E-state index < -0.39 is 11.9 Å². The Hall–Kier alpha value is -3.02. The molecule has 1 aliphatic carbocycles. The van der Waals surface area contributed by atoms with E-state index in [0.29, 0.717) is 42.2 Å². The smallest absolute Gasteiger partial charge is 0.306 e. The molecule has 1 saturated carbocycles.